The number of benzene rings is 1. The van der Waals surface area contributed by atoms with Crippen LogP contribution in [0, 0.1) is 11.3 Å². The summed E-state index contributed by atoms with van der Waals surface area (Å²) in [5.41, 5.74) is 0.454. The number of ether oxygens (including phenoxy) is 1. The van der Waals surface area contributed by atoms with Gasteiger partial charge in [-0.3, -0.25) is 0 Å². The molecule has 20 heavy (non-hydrogen) atoms. The highest BCUT2D eigenvalue weighted by atomic mass is 32.2. The molecule has 1 aromatic carbocycles. The molecule has 0 radical (unpaired) electrons. The van der Waals surface area contributed by atoms with Gasteiger partial charge in [0.25, 0.3) is 0 Å². The maximum atomic E-state index is 12.1. The van der Waals surface area contributed by atoms with Gasteiger partial charge in [0.1, 0.15) is 0 Å². The zero-order valence-corrected chi connectivity index (χ0v) is 12.6. The third kappa shape index (κ3) is 5.29. The zero-order valence-electron chi connectivity index (χ0n) is 11.8. The van der Waals surface area contributed by atoms with Crippen molar-refractivity contribution < 1.29 is 13.2 Å². The third-order valence-corrected chi connectivity index (χ3v) is 4.69. The molecule has 0 aliphatic rings. The van der Waals surface area contributed by atoms with Crippen molar-refractivity contribution in [2.24, 2.45) is 0 Å². The average Bonchev–Trinajstić information content (AvgIpc) is 2.45. The average molecular weight is 296 g/mol. The van der Waals surface area contributed by atoms with Gasteiger partial charge in [0, 0.05) is 26.3 Å². The van der Waals surface area contributed by atoms with Crippen LogP contribution in [0.1, 0.15) is 18.9 Å². The summed E-state index contributed by atoms with van der Waals surface area (Å²) in [5.74, 6) is 0.0379. The van der Waals surface area contributed by atoms with Gasteiger partial charge in [-0.1, -0.05) is 0 Å². The van der Waals surface area contributed by atoms with Crippen molar-refractivity contribution in [3.8, 4) is 6.07 Å². The predicted molar refractivity (Wildman–Crippen MR) is 77.2 cm³/mol. The molecular formula is C14H20N2O3S. The summed E-state index contributed by atoms with van der Waals surface area (Å²) < 4.78 is 29.1. The lowest BCUT2D eigenvalue weighted by atomic mass is 10.2. The quantitative estimate of drug-likeness (QED) is 0.783. The van der Waals surface area contributed by atoms with Crippen LogP contribution in [-0.4, -0.2) is 40.5 Å². The Hall–Kier alpha value is -1.42. The highest BCUT2D eigenvalue weighted by Gasteiger charge is 2.14. The molecule has 1 atom stereocenters. The Morgan fingerprint density at radius 3 is 2.55 bits per heavy atom. The number of rotatable bonds is 8. The highest BCUT2D eigenvalue weighted by molar-refractivity contribution is 7.91. The monoisotopic (exact) mass is 296 g/mol. The van der Waals surface area contributed by atoms with Gasteiger partial charge >= 0.3 is 0 Å². The van der Waals surface area contributed by atoms with Crippen molar-refractivity contribution in [3.63, 3.8) is 0 Å². The largest absolute Gasteiger partial charge is 0.385 e. The highest BCUT2D eigenvalue weighted by Crippen LogP contribution is 2.11. The number of nitrogens with zero attached hydrogens (tertiary/aromatic N) is 1. The Labute approximate surface area is 120 Å². The molecule has 0 saturated carbocycles. The topological polar surface area (TPSA) is 79.2 Å². The van der Waals surface area contributed by atoms with Gasteiger partial charge in [-0.25, -0.2) is 8.42 Å². The van der Waals surface area contributed by atoms with Crippen LogP contribution in [0.3, 0.4) is 0 Å². The van der Waals surface area contributed by atoms with Crippen LogP contribution >= 0.6 is 0 Å². The lowest BCUT2D eigenvalue weighted by Crippen LogP contribution is -2.31. The molecule has 0 spiro atoms. The maximum Gasteiger partial charge on any atom is 0.179 e. The van der Waals surface area contributed by atoms with Gasteiger partial charge in [0.05, 0.1) is 22.3 Å². The fourth-order valence-corrected chi connectivity index (χ4v) is 2.86. The lowest BCUT2D eigenvalue weighted by molar-refractivity contribution is 0.185. The molecular weight excluding hydrogens is 276 g/mol. The molecule has 1 N–H and O–H groups in total. The van der Waals surface area contributed by atoms with E-state index in [1.54, 1.807) is 7.11 Å². The molecule has 0 aliphatic heterocycles. The molecule has 0 aliphatic carbocycles. The number of sulfone groups is 1. The number of nitrogens with one attached hydrogen (secondary N) is 1. The summed E-state index contributed by atoms with van der Waals surface area (Å²) >= 11 is 0. The molecule has 0 saturated heterocycles. The van der Waals surface area contributed by atoms with E-state index in [2.05, 4.69) is 5.32 Å². The normalized spacial score (nSPS) is 12.8. The van der Waals surface area contributed by atoms with E-state index in [9.17, 15) is 8.42 Å². The Kier molecular flexibility index (Phi) is 6.65. The molecule has 1 unspecified atom stereocenters. The fraction of sp³-hybridized carbons (Fsp3) is 0.500. The number of hydrogen-bond acceptors (Lipinski definition) is 5. The van der Waals surface area contributed by atoms with Crippen molar-refractivity contribution in [2.45, 2.75) is 24.3 Å². The van der Waals surface area contributed by atoms with Gasteiger partial charge in [0.15, 0.2) is 9.84 Å². The molecule has 1 rings (SSSR count). The van der Waals surface area contributed by atoms with Crippen molar-refractivity contribution in [1.82, 2.24) is 5.32 Å². The molecule has 6 heteroatoms. The van der Waals surface area contributed by atoms with Gasteiger partial charge < -0.3 is 10.1 Å². The van der Waals surface area contributed by atoms with Crippen LogP contribution in [0.2, 0.25) is 0 Å². The maximum absolute atomic E-state index is 12.1. The van der Waals surface area contributed by atoms with Crippen molar-refractivity contribution >= 4 is 9.84 Å². The van der Waals surface area contributed by atoms with Crippen LogP contribution in [-0.2, 0) is 14.6 Å². The van der Waals surface area contributed by atoms with Crippen molar-refractivity contribution in [2.75, 3.05) is 26.0 Å². The van der Waals surface area contributed by atoms with E-state index in [0.717, 1.165) is 6.42 Å². The summed E-state index contributed by atoms with van der Waals surface area (Å²) in [7, 11) is -1.66. The molecule has 0 aromatic heterocycles. The number of nitriles is 1. The summed E-state index contributed by atoms with van der Waals surface area (Å²) in [6, 6.07) is 8.16. The summed E-state index contributed by atoms with van der Waals surface area (Å²) in [5, 5.41) is 11.8. The van der Waals surface area contributed by atoms with E-state index in [0.29, 0.717) is 18.7 Å². The summed E-state index contributed by atoms with van der Waals surface area (Å²) in [4.78, 5) is 0.253. The predicted octanol–water partition coefficient (Wildman–Crippen LogP) is 1.35. The van der Waals surface area contributed by atoms with E-state index in [-0.39, 0.29) is 16.7 Å². The minimum Gasteiger partial charge on any atom is -0.385 e. The Morgan fingerprint density at radius 2 is 2.00 bits per heavy atom. The zero-order chi connectivity index (χ0) is 15.0. The van der Waals surface area contributed by atoms with E-state index < -0.39 is 9.84 Å². The fourth-order valence-electron chi connectivity index (χ4n) is 1.69. The van der Waals surface area contributed by atoms with Crippen LogP contribution in [0.4, 0.5) is 0 Å². The number of methoxy groups -OCH3 is 1. The molecule has 110 valence electrons. The minimum atomic E-state index is -3.30. The minimum absolute atomic E-state index is 0.0379. The van der Waals surface area contributed by atoms with Gasteiger partial charge in [0.2, 0.25) is 0 Å². The molecule has 0 fully saturated rings. The van der Waals surface area contributed by atoms with E-state index in [4.69, 9.17) is 10.00 Å². The standard InChI is InChI=1S/C14H20N2O3S/c1-12(7-9-19-2)16-8-10-20(17,18)14-5-3-13(11-15)4-6-14/h3-6,12,16H,7-10H2,1-2H3. The van der Waals surface area contributed by atoms with E-state index >= 15 is 0 Å². The molecule has 0 bridgehead atoms. The summed E-state index contributed by atoms with van der Waals surface area (Å²) in [6.45, 7) is 3.04. The van der Waals surface area contributed by atoms with Crippen molar-refractivity contribution in [1.29, 1.82) is 5.26 Å². The van der Waals surface area contributed by atoms with Crippen LogP contribution in [0.25, 0.3) is 0 Å². The lowest BCUT2D eigenvalue weighted by Gasteiger charge is -2.13. The second-order valence-electron chi connectivity index (χ2n) is 4.59. The molecule has 0 amide bonds. The second-order valence-corrected chi connectivity index (χ2v) is 6.70. The van der Waals surface area contributed by atoms with E-state index in [1.807, 2.05) is 13.0 Å². The first-order chi connectivity index (χ1) is 9.49. The van der Waals surface area contributed by atoms with Gasteiger partial charge in [-0.05, 0) is 37.6 Å². The first-order valence-corrected chi connectivity index (χ1v) is 8.10. The van der Waals surface area contributed by atoms with Gasteiger partial charge in [-0.2, -0.15) is 5.26 Å². The van der Waals surface area contributed by atoms with Crippen LogP contribution < -0.4 is 5.32 Å². The van der Waals surface area contributed by atoms with Gasteiger partial charge in [-0.15, -0.1) is 0 Å². The Morgan fingerprint density at radius 1 is 1.35 bits per heavy atom. The smallest absolute Gasteiger partial charge is 0.179 e. The third-order valence-electron chi connectivity index (χ3n) is 2.96. The van der Waals surface area contributed by atoms with E-state index in [1.165, 1.54) is 24.3 Å². The SMILES string of the molecule is COCCC(C)NCCS(=O)(=O)c1ccc(C#N)cc1. The van der Waals surface area contributed by atoms with Crippen LogP contribution in [0.15, 0.2) is 29.2 Å². The van der Waals surface area contributed by atoms with Crippen LogP contribution in [0.5, 0.6) is 0 Å². The summed E-state index contributed by atoms with van der Waals surface area (Å²) in [6.07, 6.45) is 0.841. The Balaban J connectivity index is 2.51. The molecule has 1 aromatic rings. The first kappa shape index (κ1) is 16.6. The molecule has 0 heterocycles. The molecule has 5 nitrogen and oxygen atoms in total. The van der Waals surface area contributed by atoms with Crippen molar-refractivity contribution in [3.05, 3.63) is 29.8 Å². The first-order valence-electron chi connectivity index (χ1n) is 6.45. The Bertz CT molecular complexity index is 547. The second kappa shape index (κ2) is 8.00. The number of hydrogen-bond donors (Lipinski definition) is 1.